The smallest absolute Gasteiger partial charge is 0.410 e. The highest BCUT2D eigenvalue weighted by Crippen LogP contribution is 2.42. The van der Waals surface area contributed by atoms with Crippen molar-refractivity contribution in [2.24, 2.45) is 0 Å². The van der Waals surface area contributed by atoms with Gasteiger partial charge in [-0.25, -0.2) is 19.2 Å². The summed E-state index contributed by atoms with van der Waals surface area (Å²) in [5, 5.41) is 12.9. The molecule has 1 aliphatic carbocycles. The quantitative estimate of drug-likeness (QED) is 0.586. The molecule has 1 amide bonds. The Balaban J connectivity index is 1.36. The first-order chi connectivity index (χ1) is 16.2. The molecule has 0 spiro atoms. The number of hydrogen-bond donors (Lipinski definition) is 2. The first-order valence-corrected chi connectivity index (χ1v) is 11.7. The number of alkyl halides is 1. The van der Waals surface area contributed by atoms with Crippen LogP contribution >= 0.6 is 0 Å². The summed E-state index contributed by atoms with van der Waals surface area (Å²) in [4.78, 5) is 22.9. The van der Waals surface area contributed by atoms with E-state index in [0.29, 0.717) is 17.4 Å². The Labute approximate surface area is 197 Å². The Hall–Kier alpha value is -3.20. The summed E-state index contributed by atoms with van der Waals surface area (Å²) >= 11 is 0. The molecule has 1 saturated heterocycles. The van der Waals surface area contributed by atoms with Crippen molar-refractivity contribution in [3.63, 3.8) is 0 Å². The van der Waals surface area contributed by atoms with E-state index in [4.69, 9.17) is 9.72 Å². The Morgan fingerprint density at radius 1 is 1.29 bits per heavy atom. The number of nitrogens with one attached hydrogen (secondary N) is 1. The van der Waals surface area contributed by atoms with Gasteiger partial charge in [0.05, 0.1) is 36.8 Å². The van der Waals surface area contributed by atoms with Crippen molar-refractivity contribution in [3.8, 4) is 11.4 Å². The van der Waals surface area contributed by atoms with Gasteiger partial charge in [-0.1, -0.05) is 6.07 Å². The summed E-state index contributed by atoms with van der Waals surface area (Å²) in [6, 6.07) is 6.89. The number of rotatable bonds is 5. The van der Waals surface area contributed by atoms with Crippen LogP contribution in [0.4, 0.5) is 15.0 Å². The zero-order valence-electron chi connectivity index (χ0n) is 19.7. The standard InChI is InChI=1S/C25H30FN5O3/c1-25(2,3)34-24(33)30-12-18(26)20(13-30)29-22-6-4-5-19(28-22)21-10-27-23-9-16(14-32)17(11-31(21)23)15-7-8-15/h4-6,9-11,15,18,20,32H,7-8,12-14H2,1-3H3,(H,28,29)/t18-,20-/m0/s1. The number of likely N-dealkylation sites (tertiary alicyclic amines) is 1. The molecule has 3 aromatic rings. The number of aromatic nitrogens is 3. The molecule has 2 aliphatic rings. The zero-order chi connectivity index (χ0) is 24.0. The molecule has 2 atom stereocenters. The first-order valence-electron chi connectivity index (χ1n) is 11.7. The number of aliphatic hydroxyl groups excluding tert-OH is 1. The summed E-state index contributed by atoms with van der Waals surface area (Å²) in [6.07, 6.45) is 4.33. The predicted molar refractivity (Wildman–Crippen MR) is 126 cm³/mol. The highest BCUT2D eigenvalue weighted by Gasteiger charge is 2.37. The molecule has 3 aromatic heterocycles. The molecule has 180 valence electrons. The summed E-state index contributed by atoms with van der Waals surface area (Å²) in [7, 11) is 0. The minimum atomic E-state index is -1.23. The second kappa shape index (κ2) is 8.54. The molecule has 1 saturated carbocycles. The van der Waals surface area contributed by atoms with E-state index in [1.165, 1.54) is 4.90 Å². The maximum atomic E-state index is 14.7. The zero-order valence-corrected chi connectivity index (χ0v) is 19.7. The van der Waals surface area contributed by atoms with E-state index in [0.717, 1.165) is 35.3 Å². The molecule has 4 heterocycles. The van der Waals surface area contributed by atoms with Gasteiger partial charge < -0.3 is 20.1 Å². The van der Waals surface area contributed by atoms with Gasteiger partial charge in [-0.2, -0.15) is 0 Å². The van der Waals surface area contributed by atoms with Crippen LogP contribution in [0.2, 0.25) is 0 Å². The molecule has 1 aliphatic heterocycles. The summed E-state index contributed by atoms with van der Waals surface area (Å²) in [6.45, 7) is 5.55. The topological polar surface area (TPSA) is 92.0 Å². The van der Waals surface area contributed by atoms with Gasteiger partial charge in [0.15, 0.2) is 0 Å². The van der Waals surface area contributed by atoms with E-state index in [1.807, 2.05) is 22.6 Å². The second-order valence-electron chi connectivity index (χ2n) is 10.1. The maximum absolute atomic E-state index is 14.7. The van der Waals surface area contributed by atoms with Crippen LogP contribution in [0.1, 0.15) is 50.7 Å². The fourth-order valence-corrected chi connectivity index (χ4v) is 4.39. The van der Waals surface area contributed by atoms with Crippen molar-refractivity contribution in [1.82, 2.24) is 19.3 Å². The lowest BCUT2D eigenvalue weighted by Crippen LogP contribution is -2.36. The number of amides is 1. The number of halogens is 1. The van der Waals surface area contributed by atoms with Crippen molar-refractivity contribution in [1.29, 1.82) is 0 Å². The van der Waals surface area contributed by atoms with Crippen LogP contribution < -0.4 is 5.32 Å². The SMILES string of the molecule is CC(C)(C)OC(=O)N1C[C@H](Nc2cccc(-c3cnc4cc(CO)c(C5CC5)cn34)n2)[C@@H](F)C1. The molecule has 0 aromatic carbocycles. The number of aliphatic hydroxyl groups is 1. The predicted octanol–water partition coefficient (Wildman–Crippen LogP) is 4.14. The summed E-state index contributed by atoms with van der Waals surface area (Å²) in [5.74, 6) is 1.01. The average molecular weight is 468 g/mol. The molecule has 0 radical (unpaired) electrons. The average Bonchev–Trinajstić information content (AvgIpc) is 3.45. The van der Waals surface area contributed by atoms with Crippen LogP contribution in [0.3, 0.4) is 0 Å². The Kier molecular flexibility index (Phi) is 5.67. The van der Waals surface area contributed by atoms with Crippen molar-refractivity contribution in [2.45, 2.75) is 64.0 Å². The second-order valence-corrected chi connectivity index (χ2v) is 10.1. The fraction of sp³-hybridized carbons (Fsp3) is 0.480. The van der Waals surface area contributed by atoms with Crippen molar-refractivity contribution in [3.05, 3.63) is 47.8 Å². The van der Waals surface area contributed by atoms with Crippen molar-refractivity contribution < 1.29 is 19.0 Å². The number of imidazole rings is 1. The number of anilines is 1. The van der Waals surface area contributed by atoms with Gasteiger partial charge in [0.2, 0.25) is 0 Å². The van der Waals surface area contributed by atoms with Gasteiger partial charge in [-0.15, -0.1) is 0 Å². The third-order valence-electron chi connectivity index (χ3n) is 6.20. The summed E-state index contributed by atoms with van der Waals surface area (Å²) in [5.41, 5.74) is 3.71. The number of ether oxygens (including phenoxy) is 1. The third kappa shape index (κ3) is 4.57. The van der Waals surface area contributed by atoms with Gasteiger partial charge in [0, 0.05) is 12.7 Å². The minimum Gasteiger partial charge on any atom is -0.444 e. The van der Waals surface area contributed by atoms with Crippen molar-refractivity contribution >= 4 is 17.6 Å². The summed E-state index contributed by atoms with van der Waals surface area (Å²) < 4.78 is 22.1. The van der Waals surface area contributed by atoms with Gasteiger partial charge in [-0.3, -0.25) is 4.40 Å². The number of carbonyl (C=O) groups is 1. The van der Waals surface area contributed by atoms with E-state index < -0.39 is 23.9 Å². The Bertz CT molecular complexity index is 1220. The van der Waals surface area contributed by atoms with Crippen LogP contribution in [-0.2, 0) is 11.3 Å². The van der Waals surface area contributed by atoms with Crippen LogP contribution in [0, 0.1) is 0 Å². The van der Waals surface area contributed by atoms with E-state index in [-0.39, 0.29) is 19.7 Å². The lowest BCUT2D eigenvalue weighted by atomic mass is 10.1. The normalized spacial score (nSPS) is 20.7. The van der Waals surface area contributed by atoms with E-state index in [1.54, 1.807) is 33.0 Å². The molecule has 0 unspecified atom stereocenters. The monoisotopic (exact) mass is 467 g/mol. The van der Waals surface area contributed by atoms with Gasteiger partial charge in [-0.05, 0) is 68.9 Å². The Morgan fingerprint density at radius 3 is 2.79 bits per heavy atom. The number of fused-ring (bicyclic) bond motifs is 1. The molecule has 8 nitrogen and oxygen atoms in total. The Morgan fingerprint density at radius 2 is 2.09 bits per heavy atom. The number of hydrogen-bond acceptors (Lipinski definition) is 6. The van der Waals surface area contributed by atoms with Crippen LogP contribution in [0.5, 0.6) is 0 Å². The maximum Gasteiger partial charge on any atom is 0.410 e. The molecule has 2 fully saturated rings. The van der Waals surface area contributed by atoms with Gasteiger partial charge >= 0.3 is 6.09 Å². The van der Waals surface area contributed by atoms with Crippen LogP contribution in [-0.4, -0.2) is 61.4 Å². The number of carbonyl (C=O) groups excluding carboxylic acids is 1. The van der Waals surface area contributed by atoms with Crippen molar-refractivity contribution in [2.75, 3.05) is 18.4 Å². The molecule has 5 rings (SSSR count). The van der Waals surface area contributed by atoms with Gasteiger partial charge in [0.25, 0.3) is 0 Å². The molecule has 0 bridgehead atoms. The van der Waals surface area contributed by atoms with Gasteiger partial charge in [0.1, 0.15) is 23.2 Å². The highest BCUT2D eigenvalue weighted by molar-refractivity contribution is 5.69. The molecular formula is C25H30FN5O3. The lowest BCUT2D eigenvalue weighted by molar-refractivity contribution is 0.0283. The highest BCUT2D eigenvalue weighted by atomic mass is 19.1. The van der Waals surface area contributed by atoms with E-state index in [9.17, 15) is 14.3 Å². The molecule has 9 heteroatoms. The third-order valence-corrected chi connectivity index (χ3v) is 6.20. The minimum absolute atomic E-state index is 0.00567. The molecular weight excluding hydrogens is 437 g/mol. The first kappa shape index (κ1) is 22.6. The molecule has 2 N–H and O–H groups in total. The van der Waals surface area contributed by atoms with E-state index in [2.05, 4.69) is 16.5 Å². The molecule has 34 heavy (non-hydrogen) atoms. The lowest BCUT2D eigenvalue weighted by Gasteiger charge is -2.24. The number of nitrogens with zero attached hydrogens (tertiary/aromatic N) is 4. The van der Waals surface area contributed by atoms with Crippen LogP contribution in [0.25, 0.3) is 17.0 Å². The fourth-order valence-electron chi connectivity index (χ4n) is 4.39. The van der Waals surface area contributed by atoms with Crippen LogP contribution in [0.15, 0.2) is 36.7 Å². The largest absolute Gasteiger partial charge is 0.444 e. The number of pyridine rings is 2. The van der Waals surface area contributed by atoms with E-state index >= 15 is 0 Å².